The predicted molar refractivity (Wildman–Crippen MR) is 81.4 cm³/mol. The molecule has 3 rings (SSSR count). The zero-order valence-electron chi connectivity index (χ0n) is 11.8. The van der Waals surface area contributed by atoms with Gasteiger partial charge in [-0.1, -0.05) is 0 Å². The molecular weight excluding hydrogens is 312 g/mol. The van der Waals surface area contributed by atoms with E-state index >= 15 is 0 Å². The first-order valence-electron chi connectivity index (χ1n) is 6.98. The minimum absolute atomic E-state index is 0.147. The van der Waals surface area contributed by atoms with Crippen LogP contribution in [-0.4, -0.2) is 40.3 Å². The molecule has 0 amide bonds. The SMILES string of the molecule is COC(=O)c1c(N2CCCCS2(=O)=O)sc2c1CCNC2. The highest BCUT2D eigenvalue weighted by molar-refractivity contribution is 7.93. The van der Waals surface area contributed by atoms with Crippen molar-refractivity contribution in [1.29, 1.82) is 0 Å². The largest absolute Gasteiger partial charge is 0.465 e. The molecule has 0 aromatic carbocycles. The van der Waals surface area contributed by atoms with Crippen LogP contribution in [0.5, 0.6) is 0 Å². The summed E-state index contributed by atoms with van der Waals surface area (Å²) in [6.45, 7) is 1.91. The van der Waals surface area contributed by atoms with Gasteiger partial charge >= 0.3 is 5.97 Å². The molecule has 3 heterocycles. The highest BCUT2D eigenvalue weighted by Crippen LogP contribution is 2.40. The molecule has 2 aliphatic rings. The van der Waals surface area contributed by atoms with Crippen LogP contribution in [0.25, 0.3) is 0 Å². The van der Waals surface area contributed by atoms with Crippen LogP contribution in [0, 0.1) is 0 Å². The molecule has 1 aromatic heterocycles. The Morgan fingerprint density at radius 1 is 1.38 bits per heavy atom. The fourth-order valence-electron chi connectivity index (χ4n) is 2.83. The summed E-state index contributed by atoms with van der Waals surface area (Å²) in [7, 11) is -1.99. The summed E-state index contributed by atoms with van der Waals surface area (Å²) in [5.74, 6) is -0.292. The lowest BCUT2D eigenvalue weighted by atomic mass is 10.0. The maximum atomic E-state index is 12.3. The summed E-state index contributed by atoms with van der Waals surface area (Å²) in [6, 6.07) is 0. The summed E-state index contributed by atoms with van der Waals surface area (Å²) in [6.07, 6.45) is 2.23. The van der Waals surface area contributed by atoms with E-state index in [1.165, 1.54) is 22.8 Å². The number of carbonyl (C=O) groups is 1. The van der Waals surface area contributed by atoms with Crippen molar-refractivity contribution in [1.82, 2.24) is 5.32 Å². The smallest absolute Gasteiger partial charge is 0.341 e. The van der Waals surface area contributed by atoms with Crippen LogP contribution in [-0.2, 0) is 27.7 Å². The fourth-order valence-corrected chi connectivity index (χ4v) is 6.06. The van der Waals surface area contributed by atoms with Gasteiger partial charge in [-0.05, 0) is 31.4 Å². The van der Waals surface area contributed by atoms with Crippen LogP contribution in [0.1, 0.15) is 33.6 Å². The third-order valence-corrected chi connectivity index (χ3v) is 7.09. The second-order valence-corrected chi connectivity index (χ2v) is 8.29. The molecule has 116 valence electrons. The molecule has 0 aliphatic carbocycles. The Kier molecular flexibility index (Phi) is 3.94. The number of carbonyl (C=O) groups excluding carboxylic acids is 1. The van der Waals surface area contributed by atoms with Gasteiger partial charge in [-0.3, -0.25) is 4.31 Å². The van der Waals surface area contributed by atoms with Crippen LogP contribution in [0.15, 0.2) is 0 Å². The van der Waals surface area contributed by atoms with Gasteiger partial charge in [-0.2, -0.15) is 0 Å². The minimum Gasteiger partial charge on any atom is -0.465 e. The van der Waals surface area contributed by atoms with Crippen LogP contribution in [0.4, 0.5) is 5.00 Å². The number of hydrogen-bond acceptors (Lipinski definition) is 6. The number of anilines is 1. The van der Waals surface area contributed by atoms with E-state index in [0.717, 1.165) is 29.8 Å². The normalized spacial score (nSPS) is 20.9. The maximum Gasteiger partial charge on any atom is 0.341 e. The zero-order valence-corrected chi connectivity index (χ0v) is 13.5. The molecule has 8 heteroatoms. The Hall–Kier alpha value is -1.12. The van der Waals surface area contributed by atoms with E-state index in [1.807, 2.05) is 0 Å². The lowest BCUT2D eigenvalue weighted by Crippen LogP contribution is -2.38. The monoisotopic (exact) mass is 330 g/mol. The van der Waals surface area contributed by atoms with Gasteiger partial charge in [0.05, 0.1) is 18.4 Å². The lowest BCUT2D eigenvalue weighted by molar-refractivity contribution is 0.0600. The van der Waals surface area contributed by atoms with Crippen LogP contribution < -0.4 is 9.62 Å². The molecule has 0 unspecified atom stereocenters. The van der Waals surface area contributed by atoms with E-state index in [4.69, 9.17) is 4.74 Å². The van der Waals surface area contributed by atoms with Crippen molar-refractivity contribution in [2.75, 3.05) is 30.3 Å². The maximum absolute atomic E-state index is 12.3. The number of ether oxygens (including phenoxy) is 1. The first-order chi connectivity index (χ1) is 10.0. The number of esters is 1. The molecule has 0 radical (unpaired) electrons. The van der Waals surface area contributed by atoms with Crippen molar-refractivity contribution >= 4 is 32.3 Å². The van der Waals surface area contributed by atoms with E-state index in [2.05, 4.69) is 5.32 Å². The van der Waals surface area contributed by atoms with Crippen molar-refractivity contribution in [3.8, 4) is 0 Å². The quantitative estimate of drug-likeness (QED) is 0.822. The number of fused-ring (bicyclic) bond motifs is 1. The van der Waals surface area contributed by atoms with Gasteiger partial charge in [0.1, 0.15) is 5.00 Å². The molecule has 21 heavy (non-hydrogen) atoms. The lowest BCUT2D eigenvalue weighted by Gasteiger charge is -2.27. The van der Waals surface area contributed by atoms with E-state index in [1.54, 1.807) is 0 Å². The van der Waals surface area contributed by atoms with E-state index in [0.29, 0.717) is 30.1 Å². The van der Waals surface area contributed by atoms with Crippen LogP contribution >= 0.6 is 11.3 Å². The average Bonchev–Trinajstić information content (AvgIpc) is 2.85. The third kappa shape index (κ3) is 2.56. The van der Waals surface area contributed by atoms with Gasteiger partial charge in [-0.15, -0.1) is 11.3 Å². The molecule has 1 saturated heterocycles. The average molecular weight is 330 g/mol. The molecular formula is C13H18N2O4S2. The van der Waals surface area contributed by atoms with Gasteiger partial charge in [0.2, 0.25) is 10.0 Å². The summed E-state index contributed by atoms with van der Waals surface area (Å²) < 4.78 is 30.9. The topological polar surface area (TPSA) is 75.7 Å². The first-order valence-corrected chi connectivity index (χ1v) is 9.41. The molecule has 2 aliphatic heterocycles. The Labute approximate surface area is 128 Å². The van der Waals surface area contributed by atoms with Crippen molar-refractivity contribution in [2.24, 2.45) is 0 Å². The Balaban J connectivity index is 2.13. The molecule has 6 nitrogen and oxygen atoms in total. The minimum atomic E-state index is -3.32. The summed E-state index contributed by atoms with van der Waals surface area (Å²) >= 11 is 1.40. The van der Waals surface area contributed by atoms with Crippen LogP contribution in [0.2, 0.25) is 0 Å². The summed E-state index contributed by atoms with van der Waals surface area (Å²) in [5, 5.41) is 3.79. The van der Waals surface area contributed by atoms with Crippen molar-refractivity contribution in [3.05, 3.63) is 16.0 Å². The second-order valence-electron chi connectivity index (χ2n) is 5.20. The molecule has 0 atom stereocenters. The predicted octanol–water partition coefficient (Wildman–Crippen LogP) is 1.11. The summed E-state index contributed by atoms with van der Waals surface area (Å²) in [5.41, 5.74) is 1.39. The van der Waals surface area contributed by atoms with Crippen LogP contribution in [0.3, 0.4) is 0 Å². The highest BCUT2D eigenvalue weighted by atomic mass is 32.2. The highest BCUT2D eigenvalue weighted by Gasteiger charge is 2.34. The van der Waals surface area contributed by atoms with E-state index in [9.17, 15) is 13.2 Å². The van der Waals surface area contributed by atoms with Gasteiger partial charge < -0.3 is 10.1 Å². The van der Waals surface area contributed by atoms with Gasteiger partial charge in [-0.25, -0.2) is 13.2 Å². The zero-order chi connectivity index (χ0) is 15.0. The van der Waals surface area contributed by atoms with Gasteiger partial charge in [0.15, 0.2) is 0 Å². The van der Waals surface area contributed by atoms with Crippen molar-refractivity contribution < 1.29 is 17.9 Å². The van der Waals surface area contributed by atoms with Crippen molar-refractivity contribution in [3.63, 3.8) is 0 Å². The Morgan fingerprint density at radius 2 is 2.19 bits per heavy atom. The van der Waals surface area contributed by atoms with Gasteiger partial charge in [0, 0.05) is 18.0 Å². The number of sulfonamides is 1. The van der Waals surface area contributed by atoms with E-state index in [-0.39, 0.29) is 5.75 Å². The molecule has 1 N–H and O–H groups in total. The number of methoxy groups -OCH3 is 1. The standard InChI is InChI=1S/C13H18N2O4S2/c1-19-13(16)11-9-4-5-14-8-10(9)20-12(11)15-6-2-3-7-21(15,17)18/h14H,2-8H2,1H3. The number of thiophene rings is 1. The number of hydrogen-bond donors (Lipinski definition) is 1. The first kappa shape index (κ1) is 14.8. The molecule has 0 saturated carbocycles. The number of rotatable bonds is 2. The summed E-state index contributed by atoms with van der Waals surface area (Å²) in [4.78, 5) is 13.2. The molecule has 0 spiro atoms. The van der Waals surface area contributed by atoms with Gasteiger partial charge in [0.25, 0.3) is 0 Å². The molecule has 1 fully saturated rings. The third-order valence-electron chi connectivity index (χ3n) is 3.87. The number of nitrogens with one attached hydrogen (secondary N) is 1. The number of nitrogens with zero attached hydrogens (tertiary/aromatic N) is 1. The second kappa shape index (κ2) is 5.58. The van der Waals surface area contributed by atoms with Crippen molar-refractivity contribution in [2.45, 2.75) is 25.8 Å². The Bertz CT molecular complexity index is 666. The molecule has 1 aromatic rings. The fraction of sp³-hybridized carbons (Fsp3) is 0.615. The van der Waals surface area contributed by atoms with E-state index < -0.39 is 16.0 Å². The molecule has 0 bridgehead atoms. The Morgan fingerprint density at radius 3 is 2.90 bits per heavy atom.